The van der Waals surface area contributed by atoms with Crippen LogP contribution in [0.4, 0.5) is 0 Å². The first kappa shape index (κ1) is 18.9. The molecule has 2 N–H and O–H groups in total. The molecule has 0 aliphatic carbocycles. The van der Waals surface area contributed by atoms with E-state index >= 15 is 0 Å². The van der Waals surface area contributed by atoms with Gasteiger partial charge in [0.25, 0.3) is 0 Å². The van der Waals surface area contributed by atoms with Crippen molar-refractivity contribution in [2.75, 3.05) is 19.9 Å². The molecule has 0 spiro atoms. The highest BCUT2D eigenvalue weighted by Gasteiger charge is 2.31. The lowest BCUT2D eigenvalue weighted by Gasteiger charge is -2.39. The third-order valence-corrected chi connectivity index (χ3v) is 6.21. The molecule has 2 aromatic carbocycles. The Morgan fingerprint density at radius 2 is 1.92 bits per heavy atom. The normalized spacial score (nSPS) is 21.5. The Kier molecular flexibility index (Phi) is 5.65. The van der Waals surface area contributed by atoms with E-state index < -0.39 is 9.84 Å². The smallest absolute Gasteiger partial charge is 0.175 e. The van der Waals surface area contributed by atoms with Crippen molar-refractivity contribution >= 4 is 9.84 Å². The van der Waals surface area contributed by atoms with E-state index in [1.165, 1.54) is 11.8 Å². The minimum Gasteiger partial charge on any atom is -0.496 e. The first-order valence-corrected chi connectivity index (χ1v) is 10.7. The lowest BCUT2D eigenvalue weighted by atomic mass is 9.81. The van der Waals surface area contributed by atoms with Crippen LogP contribution in [-0.2, 0) is 16.3 Å². The summed E-state index contributed by atoms with van der Waals surface area (Å²) in [5.74, 6) is 7.34. The van der Waals surface area contributed by atoms with E-state index in [4.69, 9.17) is 10.6 Å². The SMILES string of the molecule is COc1ccc(S(C)(=O)=O)cc1C[C@H]1CCCN(N)[C@H]1c1ccccc1. The Labute approximate surface area is 155 Å². The largest absolute Gasteiger partial charge is 0.496 e. The molecule has 1 aliphatic heterocycles. The second kappa shape index (κ2) is 7.78. The van der Waals surface area contributed by atoms with Gasteiger partial charge in [0.05, 0.1) is 18.0 Å². The Bertz CT molecular complexity index is 853. The molecule has 5 nitrogen and oxygen atoms in total. The zero-order valence-electron chi connectivity index (χ0n) is 15.3. The Morgan fingerprint density at radius 1 is 1.19 bits per heavy atom. The van der Waals surface area contributed by atoms with Crippen LogP contribution >= 0.6 is 0 Å². The Morgan fingerprint density at radius 3 is 2.58 bits per heavy atom. The number of benzene rings is 2. The summed E-state index contributed by atoms with van der Waals surface area (Å²) < 4.78 is 29.4. The highest BCUT2D eigenvalue weighted by molar-refractivity contribution is 7.90. The van der Waals surface area contributed by atoms with Gasteiger partial charge in [-0.15, -0.1) is 0 Å². The van der Waals surface area contributed by atoms with Crippen molar-refractivity contribution in [3.8, 4) is 5.75 Å². The summed E-state index contributed by atoms with van der Waals surface area (Å²) in [6.07, 6.45) is 4.02. The summed E-state index contributed by atoms with van der Waals surface area (Å²) in [5.41, 5.74) is 2.11. The molecule has 140 valence electrons. The Hall–Kier alpha value is -1.89. The van der Waals surface area contributed by atoms with Gasteiger partial charge in [-0.2, -0.15) is 0 Å². The molecule has 1 heterocycles. The topological polar surface area (TPSA) is 72.6 Å². The van der Waals surface area contributed by atoms with Crippen molar-refractivity contribution in [3.05, 3.63) is 59.7 Å². The summed E-state index contributed by atoms with van der Waals surface area (Å²) >= 11 is 0. The molecule has 0 amide bonds. The second-order valence-electron chi connectivity index (χ2n) is 6.95. The number of sulfone groups is 1. The molecule has 0 unspecified atom stereocenters. The van der Waals surface area contributed by atoms with Gasteiger partial charge in [0, 0.05) is 12.8 Å². The van der Waals surface area contributed by atoms with Gasteiger partial charge in [-0.05, 0) is 54.5 Å². The fraction of sp³-hybridized carbons (Fsp3) is 0.400. The molecule has 3 rings (SSSR count). The molecular formula is C20H26N2O3S. The second-order valence-corrected chi connectivity index (χ2v) is 8.96. The number of nitrogens with zero attached hydrogens (tertiary/aromatic N) is 1. The molecule has 26 heavy (non-hydrogen) atoms. The quantitative estimate of drug-likeness (QED) is 0.815. The van der Waals surface area contributed by atoms with E-state index in [2.05, 4.69) is 12.1 Å². The number of hydrogen-bond acceptors (Lipinski definition) is 5. The molecule has 0 saturated carbocycles. The Balaban J connectivity index is 1.95. The maximum Gasteiger partial charge on any atom is 0.175 e. The number of hydrogen-bond donors (Lipinski definition) is 1. The minimum absolute atomic E-state index is 0.108. The summed E-state index contributed by atoms with van der Waals surface area (Å²) in [6.45, 7) is 0.858. The summed E-state index contributed by atoms with van der Waals surface area (Å²) in [7, 11) is -1.64. The number of piperidine rings is 1. The summed E-state index contributed by atoms with van der Waals surface area (Å²) in [6, 6.07) is 15.5. The zero-order chi connectivity index (χ0) is 18.7. The van der Waals surface area contributed by atoms with E-state index in [0.717, 1.165) is 37.1 Å². The molecule has 0 aromatic heterocycles. The maximum atomic E-state index is 11.9. The monoisotopic (exact) mass is 374 g/mol. The fourth-order valence-electron chi connectivity index (χ4n) is 3.86. The van der Waals surface area contributed by atoms with Crippen LogP contribution in [-0.4, -0.2) is 33.3 Å². The highest BCUT2D eigenvalue weighted by atomic mass is 32.2. The van der Waals surface area contributed by atoms with Crippen molar-refractivity contribution in [2.45, 2.75) is 30.2 Å². The predicted octanol–water partition coefficient (Wildman–Crippen LogP) is 2.97. The van der Waals surface area contributed by atoms with Crippen LogP contribution in [0.25, 0.3) is 0 Å². The van der Waals surface area contributed by atoms with Gasteiger partial charge in [-0.3, -0.25) is 5.84 Å². The van der Waals surface area contributed by atoms with E-state index in [-0.39, 0.29) is 6.04 Å². The van der Waals surface area contributed by atoms with Gasteiger partial charge in [0.2, 0.25) is 0 Å². The van der Waals surface area contributed by atoms with E-state index in [9.17, 15) is 8.42 Å². The van der Waals surface area contributed by atoms with Crippen LogP contribution < -0.4 is 10.6 Å². The predicted molar refractivity (Wildman–Crippen MR) is 103 cm³/mol. The van der Waals surface area contributed by atoms with Crippen molar-refractivity contribution in [3.63, 3.8) is 0 Å². The average Bonchev–Trinajstić information content (AvgIpc) is 2.62. The van der Waals surface area contributed by atoms with E-state index in [1.807, 2.05) is 23.2 Å². The third kappa shape index (κ3) is 4.09. The molecule has 2 atom stereocenters. The molecule has 0 bridgehead atoms. The number of methoxy groups -OCH3 is 1. The highest BCUT2D eigenvalue weighted by Crippen LogP contribution is 2.38. The summed E-state index contributed by atoms with van der Waals surface area (Å²) in [4.78, 5) is 0.324. The number of ether oxygens (including phenoxy) is 1. The standard InChI is InChI=1S/C20H26N2O3S/c1-25-19-11-10-18(26(2,23)24)14-17(19)13-16-9-6-12-22(21)20(16)15-7-4-3-5-8-15/h3-5,7-8,10-11,14,16,20H,6,9,12-13,21H2,1-2H3/t16-,20+/m1/s1. The van der Waals surface area contributed by atoms with Crippen molar-refractivity contribution < 1.29 is 13.2 Å². The van der Waals surface area contributed by atoms with Crippen LogP contribution in [0.5, 0.6) is 5.75 Å². The van der Waals surface area contributed by atoms with Crippen molar-refractivity contribution in [1.82, 2.24) is 5.01 Å². The van der Waals surface area contributed by atoms with Crippen molar-refractivity contribution in [2.24, 2.45) is 11.8 Å². The molecule has 1 aliphatic rings. The average molecular weight is 375 g/mol. The van der Waals surface area contributed by atoms with E-state index in [1.54, 1.807) is 25.3 Å². The van der Waals surface area contributed by atoms with Crippen LogP contribution in [0.3, 0.4) is 0 Å². The van der Waals surface area contributed by atoms with Gasteiger partial charge in [-0.25, -0.2) is 13.4 Å². The van der Waals surface area contributed by atoms with Crippen LogP contribution in [0.15, 0.2) is 53.4 Å². The minimum atomic E-state index is -3.26. The molecule has 0 radical (unpaired) electrons. The fourth-order valence-corrected chi connectivity index (χ4v) is 4.53. The third-order valence-electron chi connectivity index (χ3n) is 5.10. The number of nitrogens with two attached hydrogens (primary N) is 1. The van der Waals surface area contributed by atoms with Gasteiger partial charge < -0.3 is 4.74 Å². The van der Waals surface area contributed by atoms with Gasteiger partial charge in [0.15, 0.2) is 9.84 Å². The van der Waals surface area contributed by atoms with Crippen molar-refractivity contribution in [1.29, 1.82) is 0 Å². The van der Waals surface area contributed by atoms with Crippen LogP contribution in [0.1, 0.15) is 30.0 Å². The van der Waals surface area contributed by atoms with Crippen LogP contribution in [0, 0.1) is 5.92 Å². The lowest BCUT2D eigenvalue weighted by molar-refractivity contribution is 0.0922. The van der Waals surface area contributed by atoms with Gasteiger partial charge in [0.1, 0.15) is 5.75 Å². The van der Waals surface area contributed by atoms with Gasteiger partial charge in [-0.1, -0.05) is 30.3 Å². The van der Waals surface area contributed by atoms with E-state index in [0.29, 0.717) is 10.8 Å². The lowest BCUT2D eigenvalue weighted by Crippen LogP contribution is -2.44. The van der Waals surface area contributed by atoms with Crippen LogP contribution in [0.2, 0.25) is 0 Å². The molecule has 1 saturated heterocycles. The molecule has 6 heteroatoms. The van der Waals surface area contributed by atoms with Gasteiger partial charge >= 0.3 is 0 Å². The maximum absolute atomic E-state index is 11.9. The molecule has 1 fully saturated rings. The first-order chi connectivity index (χ1) is 12.4. The number of rotatable bonds is 5. The zero-order valence-corrected chi connectivity index (χ0v) is 16.1. The summed E-state index contributed by atoms with van der Waals surface area (Å²) in [5, 5.41) is 1.91. The number of hydrazine groups is 1. The molecule has 2 aromatic rings. The molecular weight excluding hydrogens is 348 g/mol. The first-order valence-electron chi connectivity index (χ1n) is 8.83.